The quantitative estimate of drug-likeness (QED) is 0.472. The highest BCUT2D eigenvalue weighted by molar-refractivity contribution is 6.10. The van der Waals surface area contributed by atoms with Gasteiger partial charge in [0.15, 0.2) is 0 Å². The highest BCUT2D eigenvalue weighted by atomic mass is 14.1. The topological polar surface area (TPSA) is 0 Å². The smallest absolute Gasteiger partial charge is 0.00974 e. The molecule has 0 aliphatic rings. The molecule has 0 N–H and O–H groups in total. The first kappa shape index (κ1) is 10.3. The van der Waals surface area contributed by atoms with Crippen molar-refractivity contribution in [1.82, 2.24) is 0 Å². The summed E-state index contributed by atoms with van der Waals surface area (Å²) >= 11 is 0. The summed E-state index contributed by atoms with van der Waals surface area (Å²) in [5.41, 5.74) is 4.09. The lowest BCUT2D eigenvalue weighted by molar-refractivity contribution is 1.41. The van der Waals surface area contributed by atoms with Gasteiger partial charge in [-0.2, -0.15) is 0 Å². The molecule has 0 nitrogen and oxygen atoms in total. The van der Waals surface area contributed by atoms with Crippen molar-refractivity contribution in [2.24, 2.45) is 0 Å². The third-order valence-electron chi connectivity index (χ3n) is 3.50. The first-order chi connectivity index (χ1) is 8.16. The maximum atomic E-state index is 2.30. The minimum absolute atomic E-state index is 1.34. The van der Waals surface area contributed by atoms with Crippen LogP contribution in [0.5, 0.6) is 0 Å². The van der Waals surface area contributed by atoms with Gasteiger partial charge in [0.05, 0.1) is 0 Å². The largest absolute Gasteiger partial charge is 0.0616 e. The zero-order valence-electron chi connectivity index (χ0n) is 10.5. The van der Waals surface area contributed by atoms with Gasteiger partial charge in [-0.15, -0.1) is 0 Å². The zero-order valence-corrected chi connectivity index (χ0v) is 10.5. The van der Waals surface area contributed by atoms with Crippen LogP contribution in [-0.4, -0.2) is 0 Å². The van der Waals surface area contributed by atoms with Crippen molar-refractivity contribution in [1.29, 1.82) is 0 Å². The van der Waals surface area contributed by atoms with E-state index >= 15 is 0 Å². The predicted molar refractivity (Wildman–Crippen MR) is 75.7 cm³/mol. The Hall–Kier alpha value is -1.82. The van der Waals surface area contributed by atoms with Gasteiger partial charge in [0.25, 0.3) is 0 Å². The fourth-order valence-electron chi connectivity index (χ4n) is 2.88. The van der Waals surface area contributed by atoms with Gasteiger partial charge in [-0.3, -0.25) is 0 Å². The molecule has 0 saturated heterocycles. The first-order valence-corrected chi connectivity index (χ1v) is 6.06. The third-order valence-corrected chi connectivity index (χ3v) is 3.50. The van der Waals surface area contributed by atoms with Crippen LogP contribution in [0.15, 0.2) is 42.5 Å². The van der Waals surface area contributed by atoms with Crippen LogP contribution in [0.1, 0.15) is 16.7 Å². The van der Waals surface area contributed by atoms with Crippen molar-refractivity contribution < 1.29 is 0 Å². The fourth-order valence-corrected chi connectivity index (χ4v) is 2.88. The van der Waals surface area contributed by atoms with Crippen LogP contribution in [0.25, 0.3) is 21.5 Å². The van der Waals surface area contributed by atoms with Crippen molar-refractivity contribution in [2.75, 3.05) is 0 Å². The number of rotatable bonds is 0. The second kappa shape index (κ2) is 3.59. The zero-order chi connectivity index (χ0) is 12.0. The molecule has 0 saturated carbocycles. The third kappa shape index (κ3) is 1.52. The second-order valence-corrected chi connectivity index (χ2v) is 4.92. The molecule has 0 atom stereocenters. The van der Waals surface area contributed by atoms with Crippen molar-refractivity contribution in [3.63, 3.8) is 0 Å². The molecular formula is C17H16. The molecule has 0 amide bonds. The summed E-state index contributed by atoms with van der Waals surface area (Å²) in [5, 5.41) is 5.50. The molecule has 0 aliphatic carbocycles. The molecule has 0 aliphatic heterocycles. The highest BCUT2D eigenvalue weighted by Crippen LogP contribution is 2.31. The molecule has 3 aromatic rings. The molecule has 0 heteroatoms. The van der Waals surface area contributed by atoms with E-state index in [4.69, 9.17) is 0 Å². The number of hydrogen-bond acceptors (Lipinski definition) is 0. The molecule has 0 unspecified atom stereocenters. The Kier molecular flexibility index (Phi) is 2.19. The normalized spacial score (nSPS) is 11.2. The molecular weight excluding hydrogens is 204 g/mol. The number of benzene rings is 3. The van der Waals surface area contributed by atoms with Crippen molar-refractivity contribution >= 4 is 21.5 Å². The molecule has 0 radical (unpaired) electrons. The maximum Gasteiger partial charge on any atom is -0.00974 e. The van der Waals surface area contributed by atoms with Gasteiger partial charge in [-0.1, -0.05) is 48.0 Å². The fraction of sp³-hybridized carbons (Fsp3) is 0.176. The summed E-state index contributed by atoms with van der Waals surface area (Å²) in [6, 6.07) is 15.5. The Balaban J connectivity index is 2.64. The maximum absolute atomic E-state index is 2.30. The number of fused-ring (bicyclic) bond motifs is 3. The van der Waals surface area contributed by atoms with Crippen LogP contribution >= 0.6 is 0 Å². The van der Waals surface area contributed by atoms with Gasteiger partial charge in [-0.05, 0) is 53.4 Å². The van der Waals surface area contributed by atoms with Gasteiger partial charge < -0.3 is 0 Å². The minimum Gasteiger partial charge on any atom is -0.0616 e. The van der Waals surface area contributed by atoms with Gasteiger partial charge in [0.2, 0.25) is 0 Å². The standard InChI is InChI=1S/C17H16/c1-11-8-12(2)17-13(3)10-14-6-4-5-7-15(14)16(17)9-11/h4-10H,1-3H3. The van der Waals surface area contributed by atoms with Gasteiger partial charge >= 0.3 is 0 Å². The Morgan fingerprint density at radius 2 is 1.41 bits per heavy atom. The molecule has 3 rings (SSSR count). The number of hydrogen-bond donors (Lipinski definition) is 0. The van der Waals surface area contributed by atoms with E-state index in [1.54, 1.807) is 0 Å². The van der Waals surface area contributed by atoms with Crippen molar-refractivity contribution in [3.8, 4) is 0 Å². The minimum atomic E-state index is 1.34. The van der Waals surface area contributed by atoms with E-state index in [2.05, 4.69) is 63.2 Å². The predicted octanol–water partition coefficient (Wildman–Crippen LogP) is 4.92. The first-order valence-electron chi connectivity index (χ1n) is 6.06. The lowest BCUT2D eigenvalue weighted by Gasteiger charge is -2.11. The summed E-state index contributed by atoms with van der Waals surface area (Å²) < 4.78 is 0. The molecule has 3 aromatic carbocycles. The van der Waals surface area contributed by atoms with Crippen LogP contribution in [0.3, 0.4) is 0 Å². The monoisotopic (exact) mass is 220 g/mol. The van der Waals surface area contributed by atoms with E-state index in [9.17, 15) is 0 Å². The molecule has 0 heterocycles. The van der Waals surface area contributed by atoms with Gasteiger partial charge in [0.1, 0.15) is 0 Å². The highest BCUT2D eigenvalue weighted by Gasteiger charge is 2.06. The van der Waals surface area contributed by atoms with Crippen molar-refractivity contribution in [2.45, 2.75) is 20.8 Å². The summed E-state index contributed by atoms with van der Waals surface area (Å²) in [4.78, 5) is 0. The van der Waals surface area contributed by atoms with Crippen LogP contribution in [-0.2, 0) is 0 Å². The van der Waals surface area contributed by atoms with Crippen molar-refractivity contribution in [3.05, 3.63) is 59.2 Å². The Labute approximate surface area is 102 Å². The van der Waals surface area contributed by atoms with E-state index < -0.39 is 0 Å². The van der Waals surface area contributed by atoms with E-state index in [0.717, 1.165) is 0 Å². The molecule has 84 valence electrons. The van der Waals surface area contributed by atoms with Gasteiger partial charge in [0, 0.05) is 0 Å². The van der Waals surface area contributed by atoms with E-state index in [1.165, 1.54) is 38.2 Å². The number of aryl methyl sites for hydroxylation is 3. The molecule has 0 spiro atoms. The molecule has 17 heavy (non-hydrogen) atoms. The average molecular weight is 220 g/mol. The van der Waals surface area contributed by atoms with E-state index in [-0.39, 0.29) is 0 Å². The lowest BCUT2D eigenvalue weighted by Crippen LogP contribution is -1.87. The van der Waals surface area contributed by atoms with E-state index in [1.807, 2.05) is 0 Å². The summed E-state index contributed by atoms with van der Waals surface area (Å²) in [6.07, 6.45) is 0. The lowest BCUT2D eigenvalue weighted by atomic mass is 9.93. The Bertz CT molecular complexity index is 721. The van der Waals surface area contributed by atoms with Gasteiger partial charge in [-0.25, -0.2) is 0 Å². The van der Waals surface area contributed by atoms with Crippen LogP contribution in [0, 0.1) is 20.8 Å². The second-order valence-electron chi connectivity index (χ2n) is 4.92. The van der Waals surface area contributed by atoms with Crippen LogP contribution in [0.4, 0.5) is 0 Å². The van der Waals surface area contributed by atoms with E-state index in [0.29, 0.717) is 0 Å². The van der Waals surface area contributed by atoms with Crippen LogP contribution in [0.2, 0.25) is 0 Å². The molecule has 0 aromatic heterocycles. The average Bonchev–Trinajstić information content (AvgIpc) is 2.28. The Morgan fingerprint density at radius 3 is 2.24 bits per heavy atom. The SMILES string of the molecule is Cc1cc(C)c2c(C)cc3ccccc3c2c1. The Morgan fingerprint density at radius 1 is 0.706 bits per heavy atom. The summed E-state index contributed by atoms with van der Waals surface area (Å²) in [5.74, 6) is 0. The molecule has 0 fully saturated rings. The van der Waals surface area contributed by atoms with Crippen LogP contribution < -0.4 is 0 Å². The molecule has 0 bridgehead atoms. The summed E-state index contributed by atoms with van der Waals surface area (Å²) in [6.45, 7) is 6.58. The summed E-state index contributed by atoms with van der Waals surface area (Å²) in [7, 11) is 0.